The Morgan fingerprint density at radius 1 is 0.794 bits per heavy atom. The first-order valence-electron chi connectivity index (χ1n) is 11.7. The molecule has 0 amide bonds. The SMILES string of the molecule is CN1C=CN(c2cccc(Oc3ccc4c5cccc6c5n(c4c3)-c3ncccc3CC6)c2)C1. The Morgan fingerprint density at radius 2 is 1.65 bits per heavy atom. The van der Waals surface area contributed by atoms with Gasteiger partial charge in [0.25, 0.3) is 0 Å². The predicted molar refractivity (Wildman–Crippen MR) is 137 cm³/mol. The molecule has 2 aliphatic heterocycles. The summed E-state index contributed by atoms with van der Waals surface area (Å²) in [6, 6.07) is 25.5. The van der Waals surface area contributed by atoms with Crippen molar-refractivity contribution in [2.45, 2.75) is 12.8 Å². The zero-order chi connectivity index (χ0) is 22.6. The van der Waals surface area contributed by atoms with E-state index in [-0.39, 0.29) is 0 Å². The van der Waals surface area contributed by atoms with Crippen molar-refractivity contribution in [2.24, 2.45) is 0 Å². The van der Waals surface area contributed by atoms with E-state index in [9.17, 15) is 0 Å². The molecule has 7 rings (SSSR count). The molecule has 0 fully saturated rings. The van der Waals surface area contributed by atoms with Crippen LogP contribution in [0.5, 0.6) is 11.5 Å². The van der Waals surface area contributed by atoms with Crippen LogP contribution in [0.1, 0.15) is 11.1 Å². The summed E-state index contributed by atoms with van der Waals surface area (Å²) >= 11 is 0. The highest BCUT2D eigenvalue weighted by molar-refractivity contribution is 6.10. The maximum atomic E-state index is 6.38. The molecule has 5 heteroatoms. The number of rotatable bonds is 3. The molecule has 3 aromatic carbocycles. The Labute approximate surface area is 198 Å². The van der Waals surface area contributed by atoms with Gasteiger partial charge in [0, 0.05) is 54.2 Å². The number of benzene rings is 3. The van der Waals surface area contributed by atoms with E-state index >= 15 is 0 Å². The maximum absolute atomic E-state index is 6.38. The van der Waals surface area contributed by atoms with Gasteiger partial charge in [-0.1, -0.05) is 30.3 Å². The van der Waals surface area contributed by atoms with Gasteiger partial charge in [-0.15, -0.1) is 0 Å². The van der Waals surface area contributed by atoms with Gasteiger partial charge in [-0.2, -0.15) is 0 Å². The summed E-state index contributed by atoms with van der Waals surface area (Å²) in [7, 11) is 2.07. The van der Waals surface area contributed by atoms with Gasteiger partial charge in [0.1, 0.15) is 17.3 Å². The number of aromatic nitrogens is 2. The number of nitrogens with zero attached hydrogens (tertiary/aromatic N) is 4. The molecule has 0 saturated heterocycles. The average Bonchev–Trinajstić information content (AvgIpc) is 3.39. The Morgan fingerprint density at radius 3 is 2.56 bits per heavy atom. The van der Waals surface area contributed by atoms with Crippen LogP contribution in [0, 0.1) is 0 Å². The van der Waals surface area contributed by atoms with Gasteiger partial charge < -0.3 is 14.5 Å². The fourth-order valence-corrected chi connectivity index (χ4v) is 5.26. The molecule has 5 aromatic rings. The van der Waals surface area contributed by atoms with Gasteiger partial charge in [0.15, 0.2) is 0 Å². The van der Waals surface area contributed by atoms with Crippen LogP contribution in [0.2, 0.25) is 0 Å². The number of para-hydroxylation sites is 1. The first-order valence-corrected chi connectivity index (χ1v) is 11.7. The van der Waals surface area contributed by atoms with Gasteiger partial charge >= 0.3 is 0 Å². The normalized spacial score (nSPS) is 14.6. The van der Waals surface area contributed by atoms with Crippen LogP contribution in [0.15, 0.2) is 91.4 Å². The molecule has 5 nitrogen and oxygen atoms in total. The molecule has 0 bridgehead atoms. The van der Waals surface area contributed by atoms with E-state index in [0.29, 0.717) is 0 Å². The number of anilines is 1. The largest absolute Gasteiger partial charge is 0.457 e. The lowest BCUT2D eigenvalue weighted by Crippen LogP contribution is -2.21. The van der Waals surface area contributed by atoms with E-state index in [1.807, 2.05) is 24.4 Å². The molecule has 0 N–H and O–H groups in total. The minimum atomic E-state index is 0.820. The van der Waals surface area contributed by atoms with Crippen molar-refractivity contribution in [1.29, 1.82) is 0 Å². The van der Waals surface area contributed by atoms with Crippen LogP contribution >= 0.6 is 0 Å². The molecule has 34 heavy (non-hydrogen) atoms. The number of ether oxygens (including phenoxy) is 1. The van der Waals surface area contributed by atoms with E-state index < -0.39 is 0 Å². The van der Waals surface area contributed by atoms with Gasteiger partial charge in [-0.3, -0.25) is 4.57 Å². The van der Waals surface area contributed by atoms with Gasteiger partial charge in [-0.25, -0.2) is 4.98 Å². The Kier molecular flexibility index (Phi) is 4.18. The number of aryl methyl sites for hydroxylation is 2. The summed E-state index contributed by atoms with van der Waals surface area (Å²) in [5.74, 6) is 2.67. The topological polar surface area (TPSA) is 33.5 Å². The van der Waals surface area contributed by atoms with Crippen LogP contribution in [0.4, 0.5) is 5.69 Å². The van der Waals surface area contributed by atoms with Crippen LogP contribution in [0.25, 0.3) is 27.6 Å². The lowest BCUT2D eigenvalue weighted by Gasteiger charge is -2.19. The fraction of sp³-hybridized carbons (Fsp3) is 0.138. The Balaban J connectivity index is 1.35. The second-order valence-corrected chi connectivity index (χ2v) is 9.08. The molecular formula is C29H24N4O. The van der Waals surface area contributed by atoms with Crippen LogP contribution in [0.3, 0.4) is 0 Å². The predicted octanol–water partition coefficient (Wildman–Crippen LogP) is 6.25. The van der Waals surface area contributed by atoms with Crippen LogP contribution in [-0.4, -0.2) is 28.2 Å². The number of fused-ring (bicyclic) bond motifs is 5. The molecule has 0 unspecified atom stereocenters. The average molecular weight is 445 g/mol. The standard InChI is InChI=1S/C29H24N4O/c1-31-15-16-32(19-31)22-7-3-8-23(17-22)34-24-12-13-25-26-9-2-5-20-10-11-21-6-4-14-30-29(21)33(28(20)26)27(25)18-24/h2-9,12-18H,10-11,19H2,1H3. The molecule has 4 heterocycles. The molecule has 0 spiro atoms. The molecule has 2 aliphatic rings. The zero-order valence-electron chi connectivity index (χ0n) is 19.0. The van der Waals surface area contributed by atoms with Crippen molar-refractivity contribution in [2.75, 3.05) is 18.6 Å². The molecule has 0 radical (unpaired) electrons. The quantitative estimate of drug-likeness (QED) is 0.329. The lowest BCUT2D eigenvalue weighted by molar-refractivity contribution is 0.481. The minimum Gasteiger partial charge on any atom is -0.457 e. The third-order valence-electron chi connectivity index (χ3n) is 6.85. The summed E-state index contributed by atoms with van der Waals surface area (Å²) in [6.45, 7) is 0.838. The van der Waals surface area contributed by atoms with E-state index in [1.54, 1.807) is 0 Å². The van der Waals surface area contributed by atoms with Crippen molar-refractivity contribution in [3.8, 4) is 17.3 Å². The monoisotopic (exact) mass is 444 g/mol. The van der Waals surface area contributed by atoms with Crippen molar-refractivity contribution < 1.29 is 4.74 Å². The second-order valence-electron chi connectivity index (χ2n) is 9.08. The first kappa shape index (κ1) is 19.2. The highest BCUT2D eigenvalue weighted by Gasteiger charge is 2.21. The third-order valence-corrected chi connectivity index (χ3v) is 6.85. The first-order chi connectivity index (χ1) is 16.7. The van der Waals surface area contributed by atoms with E-state index in [1.165, 1.54) is 27.4 Å². The molecular weight excluding hydrogens is 420 g/mol. The third kappa shape index (κ3) is 2.97. The molecule has 0 aliphatic carbocycles. The summed E-state index contributed by atoms with van der Waals surface area (Å²) in [6.07, 6.45) is 8.07. The van der Waals surface area contributed by atoms with Crippen molar-refractivity contribution in [1.82, 2.24) is 14.5 Å². The molecule has 2 aromatic heterocycles. The summed E-state index contributed by atoms with van der Waals surface area (Å²) < 4.78 is 8.71. The van der Waals surface area contributed by atoms with E-state index in [2.05, 4.69) is 88.4 Å². The lowest BCUT2D eigenvalue weighted by atomic mass is 10.0. The summed E-state index contributed by atoms with van der Waals surface area (Å²) in [4.78, 5) is 9.16. The molecule has 0 saturated carbocycles. The van der Waals surface area contributed by atoms with E-state index in [4.69, 9.17) is 9.72 Å². The molecule has 0 atom stereocenters. The van der Waals surface area contributed by atoms with Crippen LogP contribution < -0.4 is 9.64 Å². The highest BCUT2D eigenvalue weighted by atomic mass is 16.5. The molecule has 166 valence electrons. The number of hydrogen-bond donors (Lipinski definition) is 0. The smallest absolute Gasteiger partial charge is 0.140 e. The van der Waals surface area contributed by atoms with Crippen LogP contribution in [-0.2, 0) is 12.8 Å². The summed E-state index contributed by atoms with van der Waals surface area (Å²) in [5, 5.41) is 2.49. The zero-order valence-corrected chi connectivity index (χ0v) is 19.0. The van der Waals surface area contributed by atoms with Crippen molar-refractivity contribution >= 4 is 27.5 Å². The van der Waals surface area contributed by atoms with Gasteiger partial charge in [-0.05, 0) is 54.3 Å². The van der Waals surface area contributed by atoms with Gasteiger partial charge in [0.2, 0.25) is 0 Å². The fourth-order valence-electron chi connectivity index (χ4n) is 5.26. The maximum Gasteiger partial charge on any atom is 0.140 e. The Bertz CT molecular complexity index is 1600. The number of pyridine rings is 1. The Hall–Kier alpha value is -4.25. The van der Waals surface area contributed by atoms with Gasteiger partial charge in [0.05, 0.1) is 17.7 Å². The summed E-state index contributed by atoms with van der Waals surface area (Å²) in [5.41, 5.74) is 6.15. The van der Waals surface area contributed by atoms with Crippen molar-refractivity contribution in [3.05, 3.63) is 103 Å². The second kappa shape index (κ2) is 7.39. The minimum absolute atomic E-state index is 0.820. The number of hydrogen-bond acceptors (Lipinski definition) is 4. The highest BCUT2D eigenvalue weighted by Crippen LogP contribution is 2.39. The van der Waals surface area contributed by atoms with Crippen molar-refractivity contribution in [3.63, 3.8) is 0 Å². The van der Waals surface area contributed by atoms with E-state index in [0.717, 1.165) is 48.0 Å².